The van der Waals surface area contributed by atoms with Crippen LogP contribution in [-0.4, -0.2) is 33.7 Å². The average Bonchev–Trinajstić information content (AvgIpc) is 2.85. The lowest BCUT2D eigenvalue weighted by molar-refractivity contribution is -0.124. The van der Waals surface area contributed by atoms with E-state index in [-0.39, 0.29) is 23.9 Å². The van der Waals surface area contributed by atoms with Crippen LogP contribution in [0.25, 0.3) is 6.08 Å². The topological polar surface area (TPSA) is 76.0 Å². The van der Waals surface area contributed by atoms with Crippen LogP contribution in [0.2, 0.25) is 0 Å². The molecule has 6 nitrogen and oxygen atoms in total. The summed E-state index contributed by atoms with van der Waals surface area (Å²) in [6, 6.07) is 8.36. The highest BCUT2D eigenvalue weighted by molar-refractivity contribution is 5.94. The van der Waals surface area contributed by atoms with Gasteiger partial charge in [0.05, 0.1) is 18.8 Å². The maximum atomic E-state index is 12.0. The Labute approximate surface area is 167 Å². The van der Waals surface area contributed by atoms with Crippen LogP contribution in [0.1, 0.15) is 48.8 Å². The molecule has 2 N–H and O–H groups in total. The fraction of sp³-hybridized carbons (Fsp3) is 0.409. The highest BCUT2D eigenvalue weighted by Crippen LogP contribution is 2.16. The van der Waals surface area contributed by atoms with Gasteiger partial charge in [0, 0.05) is 22.9 Å². The summed E-state index contributed by atoms with van der Waals surface area (Å²) >= 11 is 0. The van der Waals surface area contributed by atoms with E-state index in [1.807, 2.05) is 39.3 Å². The average molecular weight is 383 g/mol. The lowest BCUT2D eigenvalue weighted by Gasteiger charge is -2.20. The number of carbonyl (C=O) groups is 2. The van der Waals surface area contributed by atoms with Crippen molar-refractivity contribution in [2.45, 2.75) is 53.6 Å². The van der Waals surface area contributed by atoms with Crippen molar-refractivity contribution in [1.82, 2.24) is 20.4 Å². The molecule has 1 heterocycles. The normalized spacial score (nSPS) is 11.6. The summed E-state index contributed by atoms with van der Waals surface area (Å²) in [6.07, 6.45) is 3.19. The summed E-state index contributed by atoms with van der Waals surface area (Å²) in [5.41, 5.74) is 4.85. The van der Waals surface area contributed by atoms with E-state index < -0.39 is 0 Å². The zero-order valence-electron chi connectivity index (χ0n) is 17.6. The van der Waals surface area contributed by atoms with Gasteiger partial charge in [0.15, 0.2) is 0 Å². The third-order valence-electron chi connectivity index (χ3n) is 4.23. The van der Waals surface area contributed by atoms with Crippen LogP contribution in [0.15, 0.2) is 30.3 Å². The number of aryl methyl sites for hydroxylation is 2. The zero-order valence-corrected chi connectivity index (χ0v) is 17.6. The highest BCUT2D eigenvalue weighted by Gasteiger charge is 2.14. The third-order valence-corrected chi connectivity index (χ3v) is 4.23. The molecule has 0 aliphatic rings. The molecule has 0 radical (unpaired) electrons. The van der Waals surface area contributed by atoms with Gasteiger partial charge in [-0.1, -0.05) is 29.8 Å². The van der Waals surface area contributed by atoms with Gasteiger partial charge in [0.2, 0.25) is 11.8 Å². The molecule has 150 valence electrons. The number of benzene rings is 1. The number of aromatic nitrogens is 2. The van der Waals surface area contributed by atoms with Crippen LogP contribution in [0.4, 0.5) is 0 Å². The summed E-state index contributed by atoms with van der Waals surface area (Å²) < 4.78 is 1.94. The first-order valence-corrected chi connectivity index (χ1v) is 9.41. The van der Waals surface area contributed by atoms with Gasteiger partial charge >= 0.3 is 0 Å². The van der Waals surface area contributed by atoms with Crippen molar-refractivity contribution >= 4 is 17.9 Å². The first kappa shape index (κ1) is 21.4. The molecule has 0 atom stereocenters. The Morgan fingerprint density at radius 3 is 2.36 bits per heavy atom. The van der Waals surface area contributed by atoms with Crippen molar-refractivity contribution in [3.05, 3.63) is 58.4 Å². The molecule has 6 heteroatoms. The largest absolute Gasteiger partial charge is 0.350 e. The van der Waals surface area contributed by atoms with E-state index >= 15 is 0 Å². The van der Waals surface area contributed by atoms with Crippen molar-refractivity contribution in [2.24, 2.45) is 0 Å². The maximum Gasteiger partial charge on any atom is 0.244 e. The first-order chi connectivity index (χ1) is 13.0. The molecule has 1 aromatic carbocycles. The van der Waals surface area contributed by atoms with Gasteiger partial charge in [-0.05, 0) is 53.2 Å². The molecule has 0 fully saturated rings. The zero-order chi connectivity index (χ0) is 20.9. The van der Waals surface area contributed by atoms with E-state index in [4.69, 9.17) is 0 Å². The highest BCUT2D eigenvalue weighted by atomic mass is 16.2. The van der Waals surface area contributed by atoms with Crippen molar-refractivity contribution in [2.75, 3.05) is 6.54 Å². The molecule has 0 aliphatic heterocycles. The lowest BCUT2D eigenvalue weighted by Crippen LogP contribution is -2.45. The minimum atomic E-state index is -0.322. The van der Waals surface area contributed by atoms with E-state index in [1.54, 1.807) is 6.08 Å². The van der Waals surface area contributed by atoms with Crippen LogP contribution in [0.3, 0.4) is 0 Å². The minimum Gasteiger partial charge on any atom is -0.350 e. The van der Waals surface area contributed by atoms with Gasteiger partial charge in [0.1, 0.15) is 0 Å². The van der Waals surface area contributed by atoms with E-state index in [9.17, 15) is 9.59 Å². The van der Waals surface area contributed by atoms with Gasteiger partial charge in [-0.25, -0.2) is 0 Å². The van der Waals surface area contributed by atoms with Crippen LogP contribution in [-0.2, 0) is 16.1 Å². The van der Waals surface area contributed by atoms with E-state index in [0.717, 1.165) is 17.0 Å². The van der Waals surface area contributed by atoms with Crippen molar-refractivity contribution in [1.29, 1.82) is 0 Å². The number of hydrogen-bond donors (Lipinski definition) is 2. The molecular formula is C22H30N4O2. The smallest absolute Gasteiger partial charge is 0.244 e. The summed E-state index contributed by atoms with van der Waals surface area (Å²) in [6.45, 7) is 12.3. The minimum absolute atomic E-state index is 0.0505. The Kier molecular flexibility index (Phi) is 6.78. The maximum absolute atomic E-state index is 12.0. The Morgan fingerprint density at radius 1 is 1.11 bits per heavy atom. The van der Waals surface area contributed by atoms with E-state index in [0.29, 0.717) is 6.54 Å². The predicted molar refractivity (Wildman–Crippen MR) is 112 cm³/mol. The number of hydrogen-bond acceptors (Lipinski definition) is 3. The second-order valence-corrected chi connectivity index (χ2v) is 8.08. The van der Waals surface area contributed by atoms with Gasteiger partial charge in [-0.3, -0.25) is 14.3 Å². The molecule has 2 amide bonds. The Hall–Kier alpha value is -2.89. The van der Waals surface area contributed by atoms with Crippen LogP contribution in [0.5, 0.6) is 0 Å². The Bertz CT molecular complexity index is 871. The number of nitrogens with one attached hydrogen (secondary N) is 2. The summed E-state index contributed by atoms with van der Waals surface area (Å²) in [7, 11) is 0. The third kappa shape index (κ3) is 6.37. The lowest BCUT2D eigenvalue weighted by atomic mass is 10.1. The van der Waals surface area contributed by atoms with E-state index in [2.05, 4.69) is 46.9 Å². The number of rotatable bonds is 6. The number of nitrogens with zero attached hydrogens (tertiary/aromatic N) is 2. The molecule has 0 saturated carbocycles. The van der Waals surface area contributed by atoms with Gasteiger partial charge in [-0.15, -0.1) is 0 Å². The number of amides is 2. The molecule has 1 aromatic heterocycles. The molecule has 0 aliphatic carbocycles. The van der Waals surface area contributed by atoms with Gasteiger partial charge in [0.25, 0.3) is 0 Å². The SMILES string of the molecule is Cc1ccc(Cn2nc(C)c(/C=C/C(=O)NCC(=O)NC(C)(C)C)c2C)cc1. The van der Waals surface area contributed by atoms with Crippen molar-refractivity contribution in [3.63, 3.8) is 0 Å². The fourth-order valence-electron chi connectivity index (χ4n) is 2.82. The number of carbonyl (C=O) groups excluding carboxylic acids is 2. The van der Waals surface area contributed by atoms with Gasteiger partial charge < -0.3 is 10.6 Å². The van der Waals surface area contributed by atoms with Crippen LogP contribution < -0.4 is 10.6 Å². The monoisotopic (exact) mass is 382 g/mol. The summed E-state index contributed by atoms with van der Waals surface area (Å²) in [5.74, 6) is -0.526. The van der Waals surface area contributed by atoms with Crippen LogP contribution >= 0.6 is 0 Å². The van der Waals surface area contributed by atoms with Crippen molar-refractivity contribution in [3.8, 4) is 0 Å². The standard InChI is InChI=1S/C22H30N4O2/c1-15-7-9-18(10-8-15)14-26-17(3)19(16(2)25-26)11-12-20(27)23-13-21(28)24-22(4,5)6/h7-12H,13-14H2,1-6H3,(H,23,27)(H,24,28)/b12-11+. The van der Waals surface area contributed by atoms with Crippen molar-refractivity contribution < 1.29 is 9.59 Å². The Balaban J connectivity index is 1.99. The Morgan fingerprint density at radius 2 is 1.75 bits per heavy atom. The van der Waals surface area contributed by atoms with E-state index in [1.165, 1.54) is 17.2 Å². The molecule has 2 aromatic rings. The summed E-state index contributed by atoms with van der Waals surface area (Å²) in [4.78, 5) is 23.8. The molecule has 0 unspecified atom stereocenters. The molecule has 2 rings (SSSR count). The molecule has 0 bridgehead atoms. The second kappa shape index (κ2) is 8.87. The quantitative estimate of drug-likeness (QED) is 0.754. The van der Waals surface area contributed by atoms with Gasteiger partial charge in [-0.2, -0.15) is 5.10 Å². The first-order valence-electron chi connectivity index (χ1n) is 9.41. The second-order valence-electron chi connectivity index (χ2n) is 8.08. The molecule has 28 heavy (non-hydrogen) atoms. The molecular weight excluding hydrogens is 352 g/mol. The predicted octanol–water partition coefficient (Wildman–Crippen LogP) is 2.90. The fourth-order valence-corrected chi connectivity index (χ4v) is 2.82. The molecule has 0 saturated heterocycles. The van der Waals surface area contributed by atoms with Crippen LogP contribution in [0, 0.1) is 20.8 Å². The molecule has 0 spiro atoms. The summed E-state index contributed by atoms with van der Waals surface area (Å²) in [5, 5.41) is 10.00.